The summed E-state index contributed by atoms with van der Waals surface area (Å²) < 4.78 is 23.8. The topological polar surface area (TPSA) is 81.2 Å². The molecular weight excluding hydrogens is 388 g/mol. The molecule has 1 aromatic heterocycles. The van der Waals surface area contributed by atoms with Gasteiger partial charge in [0, 0.05) is 30.5 Å². The van der Waals surface area contributed by atoms with Gasteiger partial charge in [-0.15, -0.1) is 0 Å². The Morgan fingerprint density at radius 3 is 2.14 bits per heavy atom. The van der Waals surface area contributed by atoms with Crippen LogP contribution < -0.4 is 4.57 Å². The van der Waals surface area contributed by atoms with Crippen molar-refractivity contribution in [3.63, 3.8) is 0 Å². The van der Waals surface area contributed by atoms with Crippen LogP contribution in [0.3, 0.4) is 0 Å². The second-order valence-electron chi connectivity index (χ2n) is 6.47. The Morgan fingerprint density at radius 1 is 0.931 bits per heavy atom. The molecule has 6 nitrogen and oxygen atoms in total. The SMILES string of the molecule is C[n+]1ccccc1/C=C/c1ccccc1[N+](=O)[O-].Cc1ccc(S(C)(=O)=O)cc1. The number of nitro benzene ring substituents is 1. The van der Waals surface area contributed by atoms with Crippen LogP contribution in [0.15, 0.2) is 77.8 Å². The molecule has 3 aromatic rings. The van der Waals surface area contributed by atoms with E-state index in [-0.39, 0.29) is 10.6 Å². The van der Waals surface area contributed by atoms with E-state index in [1.165, 1.54) is 12.3 Å². The van der Waals surface area contributed by atoms with Crippen LogP contribution in [0.1, 0.15) is 16.8 Å². The lowest BCUT2D eigenvalue weighted by molar-refractivity contribution is -0.673. The maximum Gasteiger partial charge on any atom is 0.276 e. The third kappa shape index (κ3) is 6.65. The Labute approximate surface area is 170 Å². The maximum absolute atomic E-state index is 10.9. The van der Waals surface area contributed by atoms with Gasteiger partial charge in [0.05, 0.1) is 15.4 Å². The first kappa shape index (κ1) is 22.0. The highest BCUT2D eigenvalue weighted by Crippen LogP contribution is 2.19. The van der Waals surface area contributed by atoms with E-state index in [2.05, 4.69) is 0 Å². The Morgan fingerprint density at radius 2 is 1.55 bits per heavy atom. The largest absolute Gasteiger partial charge is 0.276 e. The van der Waals surface area contributed by atoms with Crippen LogP contribution in [0.4, 0.5) is 5.69 Å². The van der Waals surface area contributed by atoms with Crippen LogP contribution in [0.25, 0.3) is 12.2 Å². The minimum Gasteiger partial charge on any atom is -0.258 e. The molecule has 1 heterocycles. The van der Waals surface area contributed by atoms with E-state index in [1.54, 1.807) is 48.5 Å². The zero-order valence-corrected chi connectivity index (χ0v) is 17.3. The van der Waals surface area contributed by atoms with Crippen molar-refractivity contribution in [2.75, 3.05) is 6.26 Å². The molecule has 0 amide bonds. The summed E-state index contributed by atoms with van der Waals surface area (Å²) in [7, 11) is -1.09. The van der Waals surface area contributed by atoms with E-state index in [1.807, 2.05) is 49.0 Å². The van der Waals surface area contributed by atoms with E-state index in [9.17, 15) is 18.5 Å². The van der Waals surface area contributed by atoms with Gasteiger partial charge in [0.2, 0.25) is 5.69 Å². The smallest absolute Gasteiger partial charge is 0.258 e. The van der Waals surface area contributed by atoms with E-state index < -0.39 is 9.84 Å². The quantitative estimate of drug-likeness (QED) is 0.369. The normalized spacial score (nSPS) is 11.0. The summed E-state index contributed by atoms with van der Waals surface area (Å²) >= 11 is 0. The lowest BCUT2D eigenvalue weighted by Gasteiger charge is -1.96. The lowest BCUT2D eigenvalue weighted by atomic mass is 10.1. The minimum absolute atomic E-state index is 0.118. The van der Waals surface area contributed by atoms with Gasteiger partial charge in [-0.1, -0.05) is 29.8 Å². The van der Waals surface area contributed by atoms with Crippen LogP contribution in [-0.4, -0.2) is 19.6 Å². The molecule has 0 aliphatic rings. The zero-order chi connectivity index (χ0) is 21.4. The Balaban J connectivity index is 0.000000234. The molecule has 0 aliphatic heterocycles. The zero-order valence-electron chi connectivity index (χ0n) is 16.5. The number of rotatable bonds is 4. The van der Waals surface area contributed by atoms with Gasteiger partial charge in [0.15, 0.2) is 16.0 Å². The molecular formula is C22H23N2O4S+. The highest BCUT2D eigenvalue weighted by Gasteiger charge is 2.10. The van der Waals surface area contributed by atoms with Crippen molar-refractivity contribution in [3.8, 4) is 0 Å². The van der Waals surface area contributed by atoms with Gasteiger partial charge in [-0.05, 0) is 37.3 Å². The molecule has 0 radical (unpaired) electrons. The number of pyridine rings is 1. The van der Waals surface area contributed by atoms with Gasteiger partial charge >= 0.3 is 0 Å². The number of aromatic nitrogens is 1. The van der Waals surface area contributed by atoms with Crippen LogP contribution in [0.2, 0.25) is 0 Å². The highest BCUT2D eigenvalue weighted by atomic mass is 32.2. The first-order valence-corrected chi connectivity index (χ1v) is 10.7. The van der Waals surface area contributed by atoms with Gasteiger partial charge in [-0.25, -0.2) is 13.0 Å². The van der Waals surface area contributed by atoms with Crippen LogP contribution >= 0.6 is 0 Å². The molecule has 0 unspecified atom stereocenters. The number of para-hydroxylation sites is 1. The highest BCUT2D eigenvalue weighted by molar-refractivity contribution is 7.90. The van der Waals surface area contributed by atoms with E-state index >= 15 is 0 Å². The fourth-order valence-electron chi connectivity index (χ4n) is 2.47. The van der Waals surface area contributed by atoms with Gasteiger partial charge in [0.25, 0.3) is 5.69 Å². The molecule has 150 valence electrons. The van der Waals surface area contributed by atoms with Crippen molar-refractivity contribution in [3.05, 3.63) is 99.9 Å². The third-order valence-electron chi connectivity index (χ3n) is 4.11. The summed E-state index contributed by atoms with van der Waals surface area (Å²) in [6, 6.07) is 19.3. The average Bonchev–Trinajstić information content (AvgIpc) is 2.68. The Hall–Kier alpha value is -3.32. The Kier molecular flexibility index (Phi) is 7.39. The number of hydrogen-bond donors (Lipinski definition) is 0. The molecule has 29 heavy (non-hydrogen) atoms. The summed E-state index contributed by atoms with van der Waals surface area (Å²) in [6.45, 7) is 1.92. The Bertz CT molecular complexity index is 1120. The number of hydrogen-bond acceptors (Lipinski definition) is 4. The second kappa shape index (κ2) is 9.75. The fraction of sp³-hybridized carbons (Fsp3) is 0.136. The monoisotopic (exact) mass is 411 g/mol. The van der Waals surface area contributed by atoms with Crippen LogP contribution in [0, 0.1) is 17.0 Å². The molecule has 0 saturated carbocycles. The van der Waals surface area contributed by atoms with Crippen molar-refractivity contribution in [2.45, 2.75) is 11.8 Å². The predicted molar refractivity (Wildman–Crippen MR) is 114 cm³/mol. The second-order valence-corrected chi connectivity index (χ2v) is 8.49. The van der Waals surface area contributed by atoms with Crippen molar-refractivity contribution >= 4 is 27.7 Å². The molecule has 7 heteroatoms. The van der Waals surface area contributed by atoms with E-state index in [0.29, 0.717) is 10.5 Å². The molecule has 2 aromatic carbocycles. The van der Waals surface area contributed by atoms with E-state index in [4.69, 9.17) is 0 Å². The van der Waals surface area contributed by atoms with Gasteiger partial charge in [-0.3, -0.25) is 10.1 Å². The van der Waals surface area contributed by atoms with Crippen LogP contribution in [0.5, 0.6) is 0 Å². The number of nitrogens with zero attached hydrogens (tertiary/aromatic N) is 2. The molecule has 0 spiro atoms. The molecule has 0 aliphatic carbocycles. The van der Waals surface area contributed by atoms with Gasteiger partial charge < -0.3 is 0 Å². The minimum atomic E-state index is -3.02. The van der Waals surface area contributed by atoms with Crippen molar-refractivity contribution in [2.24, 2.45) is 7.05 Å². The molecule has 0 saturated heterocycles. The number of benzene rings is 2. The molecule has 0 atom stereocenters. The summed E-state index contributed by atoms with van der Waals surface area (Å²) in [5, 5.41) is 10.9. The third-order valence-corrected chi connectivity index (χ3v) is 5.24. The van der Waals surface area contributed by atoms with Gasteiger partial charge in [-0.2, -0.15) is 0 Å². The summed E-state index contributed by atoms with van der Waals surface area (Å²) in [5.41, 5.74) is 2.77. The summed E-state index contributed by atoms with van der Waals surface area (Å²) in [4.78, 5) is 10.9. The summed E-state index contributed by atoms with van der Waals surface area (Å²) in [6.07, 6.45) is 6.76. The van der Waals surface area contributed by atoms with E-state index in [0.717, 1.165) is 11.3 Å². The number of aryl methyl sites for hydroxylation is 2. The van der Waals surface area contributed by atoms with Crippen molar-refractivity contribution in [1.29, 1.82) is 0 Å². The first-order valence-electron chi connectivity index (χ1n) is 8.81. The average molecular weight is 412 g/mol. The van der Waals surface area contributed by atoms with Crippen LogP contribution in [-0.2, 0) is 16.9 Å². The predicted octanol–water partition coefficient (Wildman–Crippen LogP) is 3.99. The fourth-order valence-corrected chi connectivity index (χ4v) is 3.10. The molecule has 0 N–H and O–H groups in total. The number of sulfone groups is 1. The molecule has 0 fully saturated rings. The molecule has 0 bridgehead atoms. The van der Waals surface area contributed by atoms with Gasteiger partial charge in [0.1, 0.15) is 7.05 Å². The standard InChI is InChI=1S/C14H13N2O2.C8H10O2S/c1-15-11-5-4-7-13(15)10-9-12-6-2-3-8-14(12)16(17)18;1-7-3-5-8(6-4-7)11(2,9)10/h2-11H,1H3;3-6H,1-2H3/q+1;/b10-9+;. The first-order chi connectivity index (χ1) is 13.7. The molecule has 3 rings (SSSR count). The lowest BCUT2D eigenvalue weighted by Crippen LogP contribution is -2.30. The van der Waals surface area contributed by atoms with Crippen molar-refractivity contribution < 1.29 is 17.9 Å². The number of nitro groups is 1. The summed E-state index contributed by atoms with van der Waals surface area (Å²) in [5.74, 6) is 0. The van der Waals surface area contributed by atoms with Crippen molar-refractivity contribution in [1.82, 2.24) is 0 Å². The maximum atomic E-state index is 10.9.